The van der Waals surface area contributed by atoms with E-state index in [9.17, 15) is 26.7 Å². The molecule has 2 fully saturated rings. The molecule has 56 heavy (non-hydrogen) atoms. The van der Waals surface area contributed by atoms with Crippen molar-refractivity contribution in [3.05, 3.63) is 111 Å². The molecule has 0 amide bonds. The van der Waals surface area contributed by atoms with Crippen molar-refractivity contribution in [2.75, 3.05) is 25.1 Å². The van der Waals surface area contributed by atoms with Crippen LogP contribution in [0.4, 0.5) is 32.3 Å². The number of fused-ring (bicyclic) bond motifs is 1. The summed E-state index contributed by atoms with van der Waals surface area (Å²) >= 11 is 0. The maximum Gasteiger partial charge on any atom is 0.416 e. The summed E-state index contributed by atoms with van der Waals surface area (Å²) in [6.07, 6.45) is -1.69. The van der Waals surface area contributed by atoms with Crippen LogP contribution in [0.3, 0.4) is 0 Å². The summed E-state index contributed by atoms with van der Waals surface area (Å²) in [4.78, 5) is 27.2. The summed E-state index contributed by atoms with van der Waals surface area (Å²) in [6, 6.07) is 11.6. The summed E-state index contributed by atoms with van der Waals surface area (Å²) in [5.74, 6) is -2.38. The highest BCUT2D eigenvalue weighted by Crippen LogP contribution is 2.53. The van der Waals surface area contributed by atoms with E-state index in [4.69, 9.17) is 14.5 Å². The standard InChI is InChI=1S/C43H46F6N4O3/c1-41(2)20-33-36(34(21-41)56-25-26-4-10-32(55-3)11-5-26)35(28-12-16-42(45,46)17-13-28)37(38(44)29-6-8-31(9-7-29)43(47,48)49)39(52-33)30-14-18-53(19-15-30)40-50-22-27(24-54)23-51-40/h4-11,22-24,28,30,34,38H,12-21,25H2,1-3H3/t34-,38?/m0/s1. The molecule has 4 aromatic rings. The number of aromatic nitrogens is 3. The third kappa shape index (κ3) is 8.57. The molecule has 2 aromatic carbocycles. The SMILES string of the molecule is COc1ccc(CO[C@H]2CC(C)(C)Cc3nc(C4CCN(c5ncc(C=O)cn5)CC4)c(C(F)c4ccc(C(F)(F)F)cc4)c(C4CCC(F)(F)CC4)c32)cc1. The summed E-state index contributed by atoms with van der Waals surface area (Å²) in [5.41, 5.74) is 3.01. The Balaban J connectivity index is 1.35. The molecule has 2 aliphatic carbocycles. The van der Waals surface area contributed by atoms with Crippen molar-refractivity contribution in [2.24, 2.45) is 5.41 Å². The van der Waals surface area contributed by atoms with Crippen molar-refractivity contribution in [2.45, 2.75) is 108 Å². The van der Waals surface area contributed by atoms with Crippen LogP contribution in [-0.4, -0.2) is 47.4 Å². The first-order chi connectivity index (χ1) is 26.6. The lowest BCUT2D eigenvalue weighted by Crippen LogP contribution is -2.36. The van der Waals surface area contributed by atoms with Crippen LogP contribution in [0.25, 0.3) is 0 Å². The van der Waals surface area contributed by atoms with Crippen LogP contribution in [0, 0.1) is 5.41 Å². The molecule has 1 saturated heterocycles. The van der Waals surface area contributed by atoms with E-state index in [1.807, 2.05) is 29.2 Å². The van der Waals surface area contributed by atoms with E-state index in [2.05, 4.69) is 23.8 Å². The van der Waals surface area contributed by atoms with Crippen LogP contribution < -0.4 is 9.64 Å². The fourth-order valence-corrected chi connectivity index (χ4v) is 8.65. The first-order valence-corrected chi connectivity index (χ1v) is 19.2. The minimum Gasteiger partial charge on any atom is -0.497 e. The smallest absolute Gasteiger partial charge is 0.416 e. The number of methoxy groups -OCH3 is 1. The number of carbonyl (C=O) groups excluding carboxylic acids is 1. The highest BCUT2D eigenvalue weighted by atomic mass is 19.4. The molecule has 2 atom stereocenters. The molecule has 1 saturated carbocycles. The molecule has 1 unspecified atom stereocenters. The highest BCUT2D eigenvalue weighted by molar-refractivity contribution is 5.73. The lowest BCUT2D eigenvalue weighted by molar-refractivity contribution is -0.137. The zero-order valence-electron chi connectivity index (χ0n) is 31.7. The number of aldehydes is 1. The number of hydrogen-bond donors (Lipinski definition) is 0. The zero-order chi connectivity index (χ0) is 39.8. The molecule has 7 nitrogen and oxygen atoms in total. The molecule has 0 radical (unpaired) electrons. The lowest BCUT2D eigenvalue weighted by atomic mass is 9.68. The molecule has 3 aliphatic rings. The number of benzene rings is 2. The van der Waals surface area contributed by atoms with E-state index in [0.29, 0.717) is 73.6 Å². The number of nitrogens with zero attached hydrogens (tertiary/aromatic N) is 4. The van der Waals surface area contributed by atoms with Gasteiger partial charge in [0.25, 0.3) is 0 Å². The number of anilines is 1. The van der Waals surface area contributed by atoms with Gasteiger partial charge >= 0.3 is 6.18 Å². The first-order valence-electron chi connectivity index (χ1n) is 19.2. The molecule has 0 N–H and O–H groups in total. The van der Waals surface area contributed by atoms with Gasteiger partial charge in [0.2, 0.25) is 11.9 Å². The number of hydrogen-bond acceptors (Lipinski definition) is 7. The second kappa shape index (κ2) is 15.8. The largest absolute Gasteiger partial charge is 0.497 e. The van der Waals surface area contributed by atoms with Gasteiger partial charge < -0.3 is 14.4 Å². The van der Waals surface area contributed by atoms with Crippen molar-refractivity contribution in [3.63, 3.8) is 0 Å². The average molecular weight is 781 g/mol. The predicted molar refractivity (Wildman–Crippen MR) is 199 cm³/mol. The quantitative estimate of drug-likeness (QED) is 0.117. The lowest BCUT2D eigenvalue weighted by Gasteiger charge is -2.42. The van der Waals surface area contributed by atoms with E-state index in [1.54, 1.807) is 7.11 Å². The molecule has 1 aliphatic heterocycles. The highest BCUT2D eigenvalue weighted by Gasteiger charge is 2.44. The summed E-state index contributed by atoms with van der Waals surface area (Å²) in [6.45, 7) is 5.50. The van der Waals surface area contributed by atoms with Gasteiger partial charge in [-0.25, -0.2) is 23.1 Å². The van der Waals surface area contributed by atoms with Gasteiger partial charge in [-0.05, 0) is 90.8 Å². The Morgan fingerprint density at radius 3 is 2.14 bits per heavy atom. The van der Waals surface area contributed by atoms with E-state index in [-0.39, 0.29) is 54.7 Å². The predicted octanol–water partition coefficient (Wildman–Crippen LogP) is 10.7. The molecule has 298 valence electrons. The van der Waals surface area contributed by atoms with Crippen molar-refractivity contribution in [3.8, 4) is 5.75 Å². The van der Waals surface area contributed by atoms with Gasteiger partial charge in [-0.1, -0.05) is 38.1 Å². The third-order valence-corrected chi connectivity index (χ3v) is 11.6. The molecule has 7 rings (SSSR count). The Hall–Kier alpha value is -4.52. The Morgan fingerprint density at radius 2 is 1.55 bits per heavy atom. The number of piperidine rings is 1. The van der Waals surface area contributed by atoms with Gasteiger partial charge in [-0.15, -0.1) is 0 Å². The molecular formula is C43H46F6N4O3. The number of alkyl halides is 6. The van der Waals surface area contributed by atoms with Crippen molar-refractivity contribution >= 4 is 12.2 Å². The van der Waals surface area contributed by atoms with E-state index < -0.39 is 35.9 Å². The minimum absolute atomic E-state index is 0.0383. The molecule has 2 aromatic heterocycles. The van der Waals surface area contributed by atoms with Crippen molar-refractivity contribution < 1.29 is 40.6 Å². The maximum absolute atomic E-state index is 17.7. The number of halogens is 6. The number of rotatable bonds is 10. The van der Waals surface area contributed by atoms with Crippen LogP contribution in [-0.2, 0) is 23.9 Å². The number of carbonyl (C=O) groups is 1. The van der Waals surface area contributed by atoms with Crippen LogP contribution in [0.15, 0.2) is 60.9 Å². The second-order valence-corrected chi connectivity index (χ2v) is 16.2. The summed E-state index contributed by atoms with van der Waals surface area (Å²) < 4.78 is 100. The van der Waals surface area contributed by atoms with Crippen LogP contribution >= 0.6 is 0 Å². The van der Waals surface area contributed by atoms with E-state index in [1.165, 1.54) is 24.5 Å². The van der Waals surface area contributed by atoms with Crippen LogP contribution in [0.2, 0.25) is 0 Å². The van der Waals surface area contributed by atoms with Crippen molar-refractivity contribution in [1.29, 1.82) is 0 Å². The van der Waals surface area contributed by atoms with Crippen molar-refractivity contribution in [1.82, 2.24) is 15.0 Å². The topological polar surface area (TPSA) is 77.4 Å². The second-order valence-electron chi connectivity index (χ2n) is 16.2. The summed E-state index contributed by atoms with van der Waals surface area (Å²) in [7, 11) is 1.59. The normalized spacial score (nSPS) is 20.7. The fourth-order valence-electron chi connectivity index (χ4n) is 8.65. The molecule has 3 heterocycles. The fraction of sp³-hybridized carbons (Fsp3) is 0.488. The Morgan fingerprint density at radius 1 is 0.911 bits per heavy atom. The molecular weight excluding hydrogens is 734 g/mol. The molecule has 0 spiro atoms. The van der Waals surface area contributed by atoms with Gasteiger partial charge in [-0.2, -0.15) is 13.2 Å². The van der Waals surface area contributed by atoms with Gasteiger partial charge in [0, 0.05) is 61.1 Å². The minimum atomic E-state index is -4.60. The Labute approximate surface area is 322 Å². The maximum atomic E-state index is 17.7. The first kappa shape index (κ1) is 39.7. The van der Waals surface area contributed by atoms with E-state index >= 15 is 4.39 Å². The monoisotopic (exact) mass is 780 g/mol. The van der Waals surface area contributed by atoms with E-state index in [0.717, 1.165) is 29.0 Å². The number of pyridine rings is 1. The molecule has 13 heteroatoms. The third-order valence-electron chi connectivity index (χ3n) is 11.6. The molecule has 0 bridgehead atoms. The average Bonchev–Trinajstić information content (AvgIpc) is 3.18. The van der Waals surface area contributed by atoms with Crippen LogP contribution in [0.5, 0.6) is 5.75 Å². The Kier molecular flexibility index (Phi) is 11.2. The van der Waals surface area contributed by atoms with Gasteiger partial charge in [0.05, 0.1) is 36.6 Å². The van der Waals surface area contributed by atoms with Crippen LogP contribution in [0.1, 0.15) is 138 Å². The summed E-state index contributed by atoms with van der Waals surface area (Å²) in [5, 5.41) is 0. The zero-order valence-corrected chi connectivity index (χ0v) is 31.7. The number of ether oxygens (including phenoxy) is 2. The van der Waals surface area contributed by atoms with Gasteiger partial charge in [0.15, 0.2) is 12.5 Å². The van der Waals surface area contributed by atoms with Gasteiger partial charge in [0.1, 0.15) is 5.75 Å². The van der Waals surface area contributed by atoms with Gasteiger partial charge in [-0.3, -0.25) is 9.78 Å². The Bertz CT molecular complexity index is 1990.